The third-order valence-electron chi connectivity index (χ3n) is 3.68. The molecule has 0 aliphatic carbocycles. The van der Waals surface area contributed by atoms with E-state index in [1.807, 2.05) is 11.8 Å². The maximum Gasteiger partial charge on any atom is 0.257 e. The van der Waals surface area contributed by atoms with Gasteiger partial charge in [-0.15, -0.1) is 0 Å². The van der Waals surface area contributed by atoms with Crippen LogP contribution in [-0.2, 0) is 10.0 Å². The van der Waals surface area contributed by atoms with Gasteiger partial charge in [-0.2, -0.15) is 0 Å². The molecule has 9 heteroatoms. The summed E-state index contributed by atoms with van der Waals surface area (Å²) in [6, 6.07) is 2.92. The molecule has 0 amide bonds. The van der Waals surface area contributed by atoms with Gasteiger partial charge in [0, 0.05) is 43.9 Å². The zero-order chi connectivity index (χ0) is 17.0. The minimum absolute atomic E-state index is 0.165. The van der Waals surface area contributed by atoms with Gasteiger partial charge in [0.15, 0.2) is 5.82 Å². The highest BCUT2D eigenvalue weighted by atomic mass is 32.2. The second-order valence-electron chi connectivity index (χ2n) is 5.36. The normalized spacial score (nSPS) is 17.9. The van der Waals surface area contributed by atoms with E-state index in [-0.39, 0.29) is 10.9 Å². The van der Waals surface area contributed by atoms with E-state index in [0.29, 0.717) is 37.8 Å². The van der Waals surface area contributed by atoms with E-state index in [0.717, 1.165) is 0 Å². The van der Waals surface area contributed by atoms with Gasteiger partial charge in [0.05, 0.1) is 6.61 Å². The molecule has 1 aliphatic heterocycles. The summed E-state index contributed by atoms with van der Waals surface area (Å²) in [4.78, 5) is 14.5. The Labute approximate surface area is 141 Å². The Hall–Kier alpha value is -2.26. The maximum absolute atomic E-state index is 12.4. The van der Waals surface area contributed by atoms with E-state index in [1.54, 1.807) is 24.7 Å². The third-order valence-corrected chi connectivity index (χ3v) is 5.19. The summed E-state index contributed by atoms with van der Waals surface area (Å²) in [6.45, 7) is 3.57. The average Bonchev–Trinajstić information content (AvgIpc) is 3.04. The predicted molar refractivity (Wildman–Crippen MR) is 88.4 cm³/mol. The SMILES string of the molecule is CCOc1nccnc1N1CCC(NS(=O)(=O)c2cccnc2)C1. The largest absolute Gasteiger partial charge is 0.475 e. The Morgan fingerprint density at radius 2 is 2.17 bits per heavy atom. The number of anilines is 1. The van der Waals surface area contributed by atoms with Crippen molar-refractivity contribution in [2.75, 3.05) is 24.6 Å². The fourth-order valence-corrected chi connectivity index (χ4v) is 3.84. The molecule has 8 nitrogen and oxygen atoms in total. The molecule has 1 N–H and O–H groups in total. The van der Waals surface area contributed by atoms with Gasteiger partial charge in [-0.3, -0.25) is 4.98 Å². The molecule has 1 unspecified atom stereocenters. The van der Waals surface area contributed by atoms with Crippen molar-refractivity contribution in [2.24, 2.45) is 0 Å². The number of pyridine rings is 1. The van der Waals surface area contributed by atoms with Crippen LogP contribution in [0.1, 0.15) is 13.3 Å². The van der Waals surface area contributed by atoms with Crippen LogP contribution in [0.3, 0.4) is 0 Å². The maximum atomic E-state index is 12.4. The molecule has 1 fully saturated rings. The second kappa shape index (κ2) is 7.10. The summed E-state index contributed by atoms with van der Waals surface area (Å²) in [7, 11) is -3.58. The lowest BCUT2D eigenvalue weighted by Crippen LogP contribution is -2.37. The topological polar surface area (TPSA) is 97.3 Å². The van der Waals surface area contributed by atoms with Crippen LogP contribution < -0.4 is 14.4 Å². The Bertz CT molecular complexity index is 785. The van der Waals surface area contributed by atoms with Gasteiger partial charge in [0.2, 0.25) is 10.0 Å². The molecular weight excluding hydrogens is 330 g/mol. The van der Waals surface area contributed by atoms with Crippen molar-refractivity contribution in [1.29, 1.82) is 0 Å². The second-order valence-corrected chi connectivity index (χ2v) is 7.07. The summed E-state index contributed by atoms with van der Waals surface area (Å²) in [5, 5.41) is 0. The highest BCUT2D eigenvalue weighted by Gasteiger charge is 2.29. The number of hydrogen-bond donors (Lipinski definition) is 1. The third kappa shape index (κ3) is 3.62. The molecule has 0 spiro atoms. The van der Waals surface area contributed by atoms with Crippen molar-refractivity contribution >= 4 is 15.8 Å². The van der Waals surface area contributed by atoms with Crippen LogP contribution in [0.15, 0.2) is 41.8 Å². The zero-order valence-corrected chi connectivity index (χ0v) is 14.1. The first-order valence-corrected chi connectivity index (χ1v) is 9.19. The van der Waals surface area contributed by atoms with Crippen LogP contribution in [0.4, 0.5) is 5.82 Å². The van der Waals surface area contributed by atoms with E-state index in [1.165, 1.54) is 12.3 Å². The van der Waals surface area contributed by atoms with E-state index in [2.05, 4.69) is 19.7 Å². The number of hydrogen-bond acceptors (Lipinski definition) is 7. The molecule has 0 radical (unpaired) electrons. The van der Waals surface area contributed by atoms with Gasteiger partial charge in [-0.25, -0.2) is 23.1 Å². The molecule has 1 aliphatic rings. The van der Waals surface area contributed by atoms with Crippen molar-refractivity contribution < 1.29 is 13.2 Å². The molecule has 24 heavy (non-hydrogen) atoms. The van der Waals surface area contributed by atoms with Crippen LogP contribution in [-0.4, -0.2) is 49.1 Å². The van der Waals surface area contributed by atoms with E-state index in [4.69, 9.17) is 4.74 Å². The molecule has 2 aromatic heterocycles. The lowest BCUT2D eigenvalue weighted by Gasteiger charge is -2.19. The van der Waals surface area contributed by atoms with E-state index >= 15 is 0 Å². The van der Waals surface area contributed by atoms with Crippen LogP contribution in [0, 0.1) is 0 Å². The lowest BCUT2D eigenvalue weighted by atomic mass is 10.3. The highest BCUT2D eigenvalue weighted by molar-refractivity contribution is 7.89. The Morgan fingerprint density at radius 1 is 1.33 bits per heavy atom. The minimum Gasteiger partial charge on any atom is -0.475 e. The molecule has 2 aromatic rings. The smallest absolute Gasteiger partial charge is 0.257 e. The summed E-state index contributed by atoms with van der Waals surface area (Å²) < 4.78 is 33.0. The average molecular weight is 349 g/mol. The first-order valence-electron chi connectivity index (χ1n) is 7.71. The number of nitrogens with one attached hydrogen (secondary N) is 1. The van der Waals surface area contributed by atoms with Crippen molar-refractivity contribution in [3.8, 4) is 5.88 Å². The molecule has 3 rings (SSSR count). The molecule has 0 aromatic carbocycles. The van der Waals surface area contributed by atoms with Gasteiger partial charge < -0.3 is 9.64 Å². The molecular formula is C15H19N5O3S. The van der Waals surface area contributed by atoms with Crippen LogP contribution >= 0.6 is 0 Å². The van der Waals surface area contributed by atoms with Crippen molar-refractivity contribution in [1.82, 2.24) is 19.7 Å². The summed E-state index contributed by atoms with van der Waals surface area (Å²) in [5.74, 6) is 1.11. The van der Waals surface area contributed by atoms with Gasteiger partial charge in [0.1, 0.15) is 4.90 Å². The zero-order valence-electron chi connectivity index (χ0n) is 13.3. The number of ether oxygens (including phenoxy) is 1. The van der Waals surface area contributed by atoms with Crippen molar-refractivity contribution in [3.05, 3.63) is 36.9 Å². The van der Waals surface area contributed by atoms with Gasteiger partial charge in [-0.1, -0.05) is 0 Å². The van der Waals surface area contributed by atoms with Crippen LogP contribution in [0.5, 0.6) is 5.88 Å². The molecule has 1 atom stereocenters. The van der Waals surface area contributed by atoms with E-state index in [9.17, 15) is 8.42 Å². The van der Waals surface area contributed by atoms with E-state index < -0.39 is 10.0 Å². The number of nitrogens with zero attached hydrogens (tertiary/aromatic N) is 4. The summed E-state index contributed by atoms with van der Waals surface area (Å²) in [5.41, 5.74) is 0. The molecule has 1 saturated heterocycles. The lowest BCUT2D eigenvalue weighted by molar-refractivity contribution is 0.326. The Kier molecular flexibility index (Phi) is 4.91. The van der Waals surface area contributed by atoms with Gasteiger partial charge in [0.25, 0.3) is 5.88 Å². The molecule has 0 bridgehead atoms. The standard InChI is InChI=1S/C15H19N5O3S/c1-2-23-15-14(17-7-8-18-15)20-9-5-12(11-20)19-24(21,22)13-4-3-6-16-10-13/h3-4,6-8,10,12,19H,2,5,9,11H2,1H3. The number of sulfonamides is 1. The van der Waals surface area contributed by atoms with Crippen LogP contribution in [0.25, 0.3) is 0 Å². The molecule has 0 saturated carbocycles. The number of rotatable bonds is 6. The monoisotopic (exact) mass is 349 g/mol. The molecule has 3 heterocycles. The molecule has 128 valence electrons. The fourth-order valence-electron chi connectivity index (χ4n) is 2.62. The Balaban J connectivity index is 1.70. The van der Waals surface area contributed by atoms with Crippen molar-refractivity contribution in [3.63, 3.8) is 0 Å². The predicted octanol–water partition coefficient (Wildman–Crippen LogP) is 0.827. The first-order chi connectivity index (χ1) is 11.6. The van der Waals surface area contributed by atoms with Gasteiger partial charge >= 0.3 is 0 Å². The minimum atomic E-state index is -3.58. The van der Waals surface area contributed by atoms with Crippen LogP contribution in [0.2, 0.25) is 0 Å². The Morgan fingerprint density at radius 3 is 2.92 bits per heavy atom. The first kappa shape index (κ1) is 16.6. The van der Waals surface area contributed by atoms with Gasteiger partial charge in [-0.05, 0) is 25.5 Å². The summed E-state index contributed by atoms with van der Waals surface area (Å²) in [6.07, 6.45) is 6.74. The number of aromatic nitrogens is 3. The summed E-state index contributed by atoms with van der Waals surface area (Å²) >= 11 is 0. The van der Waals surface area contributed by atoms with Crippen molar-refractivity contribution in [2.45, 2.75) is 24.3 Å². The fraction of sp³-hybridized carbons (Fsp3) is 0.400. The quantitative estimate of drug-likeness (QED) is 0.825. The highest BCUT2D eigenvalue weighted by Crippen LogP contribution is 2.26.